The van der Waals surface area contributed by atoms with Crippen LogP contribution in [0.1, 0.15) is 11.5 Å². The Hall–Kier alpha value is -5.19. The normalized spacial score (nSPS) is 18.2. The van der Waals surface area contributed by atoms with Gasteiger partial charge in [-0.1, -0.05) is 0 Å². The number of nitrogens with one attached hydrogen (secondary N) is 4. The number of nitrogens with zero attached hydrogens (tertiary/aromatic N) is 7. The molecule has 0 saturated heterocycles. The Kier molecular flexibility index (Phi) is 4.09. The second-order valence-corrected chi connectivity index (χ2v) is 8.08. The molecule has 0 aliphatic carbocycles. The molecule has 35 heavy (non-hydrogen) atoms. The maximum atomic E-state index is 4.74. The standard InChI is InChI=1S/C24H21N11/c1-2-12-33(11-1)24(19-15-27-16-31-19)21(22-29-8-9-30-22)23(32-13-10-26-17-32)34(18-5-7-25-14-18)35(24)20-4-3-6-28-20/h1-17,25,28H,(H,27,31)(H,29,30). The number of anilines is 2. The summed E-state index contributed by atoms with van der Waals surface area (Å²) in [5.74, 6) is 2.44. The van der Waals surface area contributed by atoms with Crippen molar-refractivity contribution >= 4 is 22.9 Å². The molecule has 1 unspecified atom stereocenters. The van der Waals surface area contributed by atoms with Crippen LogP contribution in [0, 0.1) is 0 Å². The van der Waals surface area contributed by atoms with Crippen LogP contribution >= 0.6 is 0 Å². The van der Waals surface area contributed by atoms with E-state index in [0.717, 1.165) is 28.6 Å². The number of imidazole rings is 3. The van der Waals surface area contributed by atoms with Crippen molar-refractivity contribution in [2.45, 2.75) is 5.66 Å². The Balaban J connectivity index is 1.69. The van der Waals surface area contributed by atoms with E-state index in [4.69, 9.17) is 4.98 Å². The molecule has 1 atom stereocenters. The first-order chi connectivity index (χ1) is 17.4. The average Bonchev–Trinajstić information content (AvgIpc) is 3.71. The Morgan fingerprint density at radius 1 is 0.857 bits per heavy atom. The summed E-state index contributed by atoms with van der Waals surface area (Å²) >= 11 is 0. The summed E-state index contributed by atoms with van der Waals surface area (Å²) in [5.41, 5.74) is 1.74. The third kappa shape index (κ3) is 2.63. The molecular weight excluding hydrogens is 442 g/mol. The lowest BCUT2D eigenvalue weighted by atomic mass is 9.94. The molecule has 0 amide bonds. The van der Waals surface area contributed by atoms with Gasteiger partial charge >= 0.3 is 0 Å². The van der Waals surface area contributed by atoms with Gasteiger partial charge in [0, 0.05) is 55.8 Å². The van der Waals surface area contributed by atoms with Crippen molar-refractivity contribution in [3.8, 4) is 0 Å². The van der Waals surface area contributed by atoms with Gasteiger partial charge in [-0.2, -0.15) is 0 Å². The highest BCUT2D eigenvalue weighted by Crippen LogP contribution is 2.54. The van der Waals surface area contributed by atoms with Crippen molar-refractivity contribution in [3.05, 3.63) is 116 Å². The summed E-state index contributed by atoms with van der Waals surface area (Å²) in [6.07, 6.45) is 22.5. The number of hydrogen-bond acceptors (Lipinski definition) is 5. The number of hydrogen-bond donors (Lipinski definition) is 4. The first-order valence-electron chi connectivity index (χ1n) is 11.1. The van der Waals surface area contributed by atoms with Gasteiger partial charge < -0.3 is 24.5 Å². The van der Waals surface area contributed by atoms with Crippen molar-refractivity contribution in [2.75, 3.05) is 10.0 Å². The third-order valence-corrected chi connectivity index (χ3v) is 6.25. The molecule has 0 fully saturated rings. The quantitative estimate of drug-likeness (QED) is 0.302. The van der Waals surface area contributed by atoms with Crippen molar-refractivity contribution in [1.29, 1.82) is 0 Å². The predicted octanol–water partition coefficient (Wildman–Crippen LogP) is 3.46. The molecule has 11 nitrogen and oxygen atoms in total. The smallest absolute Gasteiger partial charge is 0.213 e. The fraction of sp³-hybridized carbons (Fsp3) is 0.0417. The summed E-state index contributed by atoms with van der Waals surface area (Å²) in [6.45, 7) is 0. The molecule has 172 valence electrons. The molecule has 6 aromatic rings. The van der Waals surface area contributed by atoms with Crippen LogP contribution in [-0.2, 0) is 5.66 Å². The highest BCUT2D eigenvalue weighted by Gasteiger charge is 2.58. The van der Waals surface area contributed by atoms with Gasteiger partial charge in [0.1, 0.15) is 23.8 Å². The average molecular weight is 464 g/mol. The monoisotopic (exact) mass is 463 g/mol. The van der Waals surface area contributed by atoms with Crippen LogP contribution in [0.4, 0.5) is 11.5 Å². The zero-order chi connectivity index (χ0) is 23.2. The van der Waals surface area contributed by atoms with Crippen LogP contribution in [0.15, 0.2) is 105 Å². The van der Waals surface area contributed by atoms with Crippen molar-refractivity contribution in [3.63, 3.8) is 0 Å². The molecule has 7 heterocycles. The number of aromatic amines is 4. The minimum absolute atomic E-state index is 0.714. The lowest BCUT2D eigenvalue weighted by molar-refractivity contribution is 0.439. The number of H-pyrrole nitrogens is 4. The van der Waals surface area contributed by atoms with Gasteiger partial charge in [0.15, 0.2) is 0 Å². The molecule has 0 aromatic carbocycles. The van der Waals surface area contributed by atoms with Gasteiger partial charge in [-0.3, -0.25) is 4.57 Å². The van der Waals surface area contributed by atoms with E-state index in [1.807, 2.05) is 84.5 Å². The molecule has 0 bridgehead atoms. The van der Waals surface area contributed by atoms with E-state index in [2.05, 4.69) is 44.5 Å². The van der Waals surface area contributed by atoms with E-state index >= 15 is 0 Å². The molecule has 1 aliphatic heterocycles. The van der Waals surface area contributed by atoms with Crippen molar-refractivity contribution < 1.29 is 0 Å². The maximum Gasteiger partial charge on any atom is 0.213 e. The predicted molar refractivity (Wildman–Crippen MR) is 131 cm³/mol. The lowest BCUT2D eigenvalue weighted by Gasteiger charge is -2.44. The summed E-state index contributed by atoms with van der Waals surface area (Å²) in [4.78, 5) is 26.9. The molecule has 0 spiro atoms. The zero-order valence-electron chi connectivity index (χ0n) is 18.4. The minimum atomic E-state index is -0.945. The summed E-state index contributed by atoms with van der Waals surface area (Å²) in [7, 11) is 0. The summed E-state index contributed by atoms with van der Waals surface area (Å²) in [6, 6.07) is 10.1. The largest absolute Gasteiger partial charge is 0.366 e. The van der Waals surface area contributed by atoms with Crippen LogP contribution in [0.3, 0.4) is 0 Å². The first kappa shape index (κ1) is 19.3. The minimum Gasteiger partial charge on any atom is -0.366 e. The fourth-order valence-corrected chi connectivity index (χ4v) is 4.95. The van der Waals surface area contributed by atoms with Crippen LogP contribution in [-0.4, -0.2) is 44.0 Å². The maximum absolute atomic E-state index is 4.74. The van der Waals surface area contributed by atoms with Crippen molar-refractivity contribution in [1.82, 2.24) is 44.0 Å². The van der Waals surface area contributed by atoms with E-state index < -0.39 is 5.66 Å². The molecule has 4 N–H and O–H groups in total. The molecule has 6 aromatic heterocycles. The van der Waals surface area contributed by atoms with Gasteiger partial charge in [0.25, 0.3) is 0 Å². The molecule has 1 aliphatic rings. The molecular formula is C24H21N11. The summed E-state index contributed by atoms with van der Waals surface area (Å²) in [5, 5.41) is 4.36. The number of aromatic nitrogens is 9. The van der Waals surface area contributed by atoms with Crippen LogP contribution in [0.25, 0.3) is 11.4 Å². The summed E-state index contributed by atoms with van der Waals surface area (Å²) < 4.78 is 4.16. The van der Waals surface area contributed by atoms with Gasteiger partial charge in [0.05, 0.1) is 29.5 Å². The Morgan fingerprint density at radius 2 is 1.80 bits per heavy atom. The number of hydrazine groups is 1. The second kappa shape index (κ2) is 7.42. The molecule has 0 saturated carbocycles. The molecule has 0 radical (unpaired) electrons. The Labute approximate surface area is 199 Å². The molecule has 11 heteroatoms. The Morgan fingerprint density at radius 3 is 2.46 bits per heavy atom. The fourth-order valence-electron chi connectivity index (χ4n) is 4.95. The van der Waals surface area contributed by atoms with Gasteiger partial charge in [-0.05, 0) is 30.3 Å². The van der Waals surface area contributed by atoms with Gasteiger partial charge in [-0.15, -0.1) is 0 Å². The Bertz CT molecular complexity index is 1490. The number of rotatable bonds is 6. The SMILES string of the molecule is c1c[nH]c(N2N(c3cc[nH]c3)C(n3ccnc3)=C(c3ncc[nH]3)C2(c2cnc[nH]2)n2cccc2)c1. The van der Waals surface area contributed by atoms with Crippen molar-refractivity contribution in [2.24, 2.45) is 0 Å². The van der Waals surface area contributed by atoms with E-state index in [-0.39, 0.29) is 0 Å². The van der Waals surface area contributed by atoms with E-state index in [1.165, 1.54) is 0 Å². The highest BCUT2D eigenvalue weighted by atomic mass is 15.7. The van der Waals surface area contributed by atoms with Crippen LogP contribution in [0.2, 0.25) is 0 Å². The highest BCUT2D eigenvalue weighted by molar-refractivity contribution is 6.00. The van der Waals surface area contributed by atoms with Gasteiger partial charge in [-0.25, -0.2) is 25.0 Å². The van der Waals surface area contributed by atoms with Crippen LogP contribution in [0.5, 0.6) is 0 Å². The first-order valence-corrected chi connectivity index (χ1v) is 11.1. The topological polar surface area (TPSA) is 118 Å². The van der Waals surface area contributed by atoms with E-state index in [0.29, 0.717) is 5.82 Å². The van der Waals surface area contributed by atoms with E-state index in [9.17, 15) is 0 Å². The van der Waals surface area contributed by atoms with Crippen LogP contribution < -0.4 is 10.0 Å². The van der Waals surface area contributed by atoms with E-state index in [1.54, 1.807) is 25.0 Å². The zero-order valence-corrected chi connectivity index (χ0v) is 18.4. The molecule has 7 rings (SSSR count). The van der Waals surface area contributed by atoms with Gasteiger partial charge in [0.2, 0.25) is 5.66 Å². The second-order valence-electron chi connectivity index (χ2n) is 8.08. The third-order valence-electron chi connectivity index (χ3n) is 6.25. The lowest BCUT2D eigenvalue weighted by Crippen LogP contribution is -2.55.